The van der Waals surface area contributed by atoms with Gasteiger partial charge in [0.05, 0.1) is 12.1 Å². The van der Waals surface area contributed by atoms with E-state index in [1.807, 2.05) is 0 Å². The van der Waals surface area contributed by atoms with Crippen LogP contribution in [0.5, 0.6) is 0 Å². The summed E-state index contributed by atoms with van der Waals surface area (Å²) in [5, 5.41) is 15.4. The van der Waals surface area contributed by atoms with Crippen LogP contribution in [0.4, 0.5) is 0 Å². The van der Waals surface area contributed by atoms with Crippen molar-refractivity contribution in [3.63, 3.8) is 0 Å². The van der Waals surface area contributed by atoms with Crippen LogP contribution >= 0.6 is 0 Å². The average Bonchev–Trinajstić information content (AvgIpc) is 2.75. The summed E-state index contributed by atoms with van der Waals surface area (Å²) in [6.45, 7) is 3.65. The Morgan fingerprint density at radius 2 is 2.06 bits per heavy atom. The maximum Gasteiger partial charge on any atom is 0.237 e. The van der Waals surface area contributed by atoms with Gasteiger partial charge in [0.25, 0.3) is 0 Å². The van der Waals surface area contributed by atoms with Crippen LogP contribution in [0.15, 0.2) is 0 Å². The third-order valence-corrected chi connectivity index (χ3v) is 4.12. The molecule has 2 fully saturated rings. The molecule has 2 atom stereocenters. The van der Waals surface area contributed by atoms with Crippen LogP contribution in [0.3, 0.4) is 0 Å². The molecular formula is C13H24N2O2. The second-order valence-corrected chi connectivity index (χ2v) is 5.72. The van der Waals surface area contributed by atoms with Crippen LogP contribution in [-0.2, 0) is 4.79 Å². The Balaban J connectivity index is 1.66. The molecule has 0 aromatic heterocycles. The second-order valence-electron chi connectivity index (χ2n) is 5.72. The summed E-state index contributed by atoms with van der Waals surface area (Å²) in [7, 11) is 0. The van der Waals surface area contributed by atoms with Crippen molar-refractivity contribution in [2.45, 2.75) is 51.2 Å². The lowest BCUT2D eigenvalue weighted by Gasteiger charge is -2.26. The molecule has 1 aliphatic carbocycles. The highest BCUT2D eigenvalue weighted by Crippen LogP contribution is 2.27. The summed E-state index contributed by atoms with van der Waals surface area (Å²) < 4.78 is 0. The third-order valence-electron chi connectivity index (χ3n) is 4.12. The lowest BCUT2D eigenvalue weighted by atomic mass is 9.83. The molecule has 1 amide bonds. The van der Waals surface area contributed by atoms with Gasteiger partial charge in [0.1, 0.15) is 0 Å². The summed E-state index contributed by atoms with van der Waals surface area (Å²) >= 11 is 0. The molecule has 2 aliphatic rings. The van der Waals surface area contributed by atoms with Crippen molar-refractivity contribution in [1.82, 2.24) is 10.6 Å². The lowest BCUT2D eigenvalue weighted by molar-refractivity contribution is -0.123. The Hall–Kier alpha value is -0.610. The first kappa shape index (κ1) is 12.8. The summed E-state index contributed by atoms with van der Waals surface area (Å²) in [5.74, 6) is 1.57. The van der Waals surface area contributed by atoms with Gasteiger partial charge in [-0.05, 0) is 31.1 Å². The van der Waals surface area contributed by atoms with Gasteiger partial charge in [0.15, 0.2) is 0 Å². The molecule has 2 rings (SSSR count). The van der Waals surface area contributed by atoms with E-state index in [-0.39, 0.29) is 18.1 Å². The fourth-order valence-corrected chi connectivity index (χ4v) is 2.82. The van der Waals surface area contributed by atoms with Crippen molar-refractivity contribution in [3.8, 4) is 0 Å². The molecule has 1 heterocycles. The van der Waals surface area contributed by atoms with Gasteiger partial charge in [-0.25, -0.2) is 0 Å². The Morgan fingerprint density at radius 1 is 1.35 bits per heavy atom. The third kappa shape index (κ3) is 3.68. The smallest absolute Gasteiger partial charge is 0.237 e. The maximum atomic E-state index is 11.8. The van der Waals surface area contributed by atoms with E-state index in [1.54, 1.807) is 0 Å². The van der Waals surface area contributed by atoms with E-state index in [2.05, 4.69) is 17.6 Å². The molecule has 1 saturated carbocycles. The highest BCUT2D eigenvalue weighted by Gasteiger charge is 2.28. The quantitative estimate of drug-likeness (QED) is 0.679. The molecule has 4 nitrogen and oxygen atoms in total. The number of carbonyl (C=O) groups is 1. The summed E-state index contributed by atoms with van der Waals surface area (Å²) in [6, 6.07) is -0.187. The summed E-state index contributed by atoms with van der Waals surface area (Å²) in [5.41, 5.74) is 0. The molecule has 0 aromatic rings. The van der Waals surface area contributed by atoms with Crippen LogP contribution in [0.2, 0.25) is 0 Å². The van der Waals surface area contributed by atoms with Gasteiger partial charge in [-0.3, -0.25) is 4.79 Å². The largest absolute Gasteiger partial charge is 0.392 e. The topological polar surface area (TPSA) is 61.4 Å². The molecule has 17 heavy (non-hydrogen) atoms. The van der Waals surface area contributed by atoms with Crippen LogP contribution in [0.25, 0.3) is 0 Å². The van der Waals surface area contributed by atoms with E-state index in [0.717, 1.165) is 12.5 Å². The highest BCUT2D eigenvalue weighted by atomic mass is 16.3. The predicted octanol–water partition coefficient (Wildman–Crippen LogP) is 0.652. The molecular weight excluding hydrogens is 216 g/mol. The summed E-state index contributed by atoms with van der Waals surface area (Å²) in [6.07, 6.45) is 5.25. The van der Waals surface area contributed by atoms with Gasteiger partial charge in [0.2, 0.25) is 5.91 Å². The number of hydrogen-bond acceptors (Lipinski definition) is 3. The van der Waals surface area contributed by atoms with Crippen LogP contribution in [0, 0.1) is 11.8 Å². The van der Waals surface area contributed by atoms with Crippen molar-refractivity contribution in [2.75, 3.05) is 13.1 Å². The van der Waals surface area contributed by atoms with Gasteiger partial charge < -0.3 is 15.7 Å². The maximum absolute atomic E-state index is 11.8. The first-order valence-electron chi connectivity index (χ1n) is 6.84. The zero-order valence-electron chi connectivity index (χ0n) is 10.6. The number of aliphatic hydroxyl groups excluding tert-OH is 1. The monoisotopic (exact) mass is 240 g/mol. The minimum atomic E-state index is -0.360. The van der Waals surface area contributed by atoms with E-state index >= 15 is 0 Å². The number of β-amino-alcohol motifs (C(OH)–C–C–N with tert-alkyl or cyclic N) is 1. The molecule has 2 unspecified atom stereocenters. The molecule has 98 valence electrons. The second kappa shape index (κ2) is 5.83. The van der Waals surface area contributed by atoms with Crippen molar-refractivity contribution in [1.29, 1.82) is 0 Å². The van der Waals surface area contributed by atoms with Gasteiger partial charge in [0, 0.05) is 13.1 Å². The van der Waals surface area contributed by atoms with Crippen molar-refractivity contribution < 1.29 is 9.90 Å². The number of aliphatic hydroxyl groups is 1. The van der Waals surface area contributed by atoms with E-state index in [1.165, 1.54) is 25.7 Å². The minimum Gasteiger partial charge on any atom is -0.392 e. The normalized spacial score (nSPS) is 38.0. The SMILES string of the molecule is CC1CCC(CNC(=O)C2CC(O)CN2)CC1. The minimum absolute atomic E-state index is 0.0557. The number of nitrogens with one attached hydrogen (secondary N) is 2. The number of amides is 1. The summed E-state index contributed by atoms with van der Waals surface area (Å²) in [4.78, 5) is 11.8. The van der Waals surface area contributed by atoms with Gasteiger partial charge in [-0.2, -0.15) is 0 Å². The van der Waals surface area contributed by atoms with Crippen LogP contribution < -0.4 is 10.6 Å². The first-order chi connectivity index (χ1) is 8.15. The molecule has 0 spiro atoms. The van der Waals surface area contributed by atoms with Crippen molar-refractivity contribution in [2.24, 2.45) is 11.8 Å². The standard InChI is InChI=1S/C13H24N2O2/c1-9-2-4-10(5-3-9)7-15-13(17)12-6-11(16)8-14-12/h9-12,14,16H,2-8H2,1H3,(H,15,17). The van der Waals surface area contributed by atoms with Crippen molar-refractivity contribution >= 4 is 5.91 Å². The van der Waals surface area contributed by atoms with Crippen LogP contribution in [0.1, 0.15) is 39.0 Å². The van der Waals surface area contributed by atoms with E-state index in [4.69, 9.17) is 0 Å². The Kier molecular flexibility index (Phi) is 4.40. The van der Waals surface area contributed by atoms with Gasteiger partial charge in [-0.15, -0.1) is 0 Å². The fourth-order valence-electron chi connectivity index (χ4n) is 2.82. The Bertz CT molecular complexity index is 262. The average molecular weight is 240 g/mol. The number of rotatable bonds is 3. The molecule has 0 radical (unpaired) electrons. The zero-order valence-corrected chi connectivity index (χ0v) is 10.6. The molecule has 0 bridgehead atoms. The molecule has 4 heteroatoms. The Labute approximate surface area is 103 Å². The van der Waals surface area contributed by atoms with Crippen LogP contribution in [-0.4, -0.2) is 36.2 Å². The number of carbonyl (C=O) groups excluding carboxylic acids is 1. The van der Waals surface area contributed by atoms with E-state index in [9.17, 15) is 9.90 Å². The highest BCUT2D eigenvalue weighted by molar-refractivity contribution is 5.82. The molecule has 1 saturated heterocycles. The van der Waals surface area contributed by atoms with Crippen molar-refractivity contribution in [3.05, 3.63) is 0 Å². The van der Waals surface area contributed by atoms with E-state index < -0.39 is 0 Å². The lowest BCUT2D eigenvalue weighted by Crippen LogP contribution is -2.42. The first-order valence-corrected chi connectivity index (χ1v) is 6.84. The molecule has 3 N–H and O–H groups in total. The molecule has 0 aromatic carbocycles. The van der Waals surface area contributed by atoms with Gasteiger partial charge >= 0.3 is 0 Å². The van der Waals surface area contributed by atoms with E-state index in [0.29, 0.717) is 18.9 Å². The zero-order chi connectivity index (χ0) is 12.3. The predicted molar refractivity (Wildman–Crippen MR) is 66.5 cm³/mol. The molecule has 1 aliphatic heterocycles. The Morgan fingerprint density at radius 3 is 2.65 bits per heavy atom. The number of hydrogen-bond donors (Lipinski definition) is 3. The van der Waals surface area contributed by atoms with Gasteiger partial charge in [-0.1, -0.05) is 19.8 Å². The fraction of sp³-hybridized carbons (Fsp3) is 0.923.